The molecule has 0 radical (unpaired) electrons. The summed E-state index contributed by atoms with van der Waals surface area (Å²) in [5.41, 5.74) is 6.44. The normalized spacial score (nSPS) is 10.5. The van der Waals surface area contributed by atoms with Crippen LogP contribution in [-0.2, 0) is 0 Å². The predicted octanol–water partition coefficient (Wildman–Crippen LogP) is 2.48. The van der Waals surface area contributed by atoms with Crippen molar-refractivity contribution in [3.05, 3.63) is 42.0 Å². The molecule has 3 heteroatoms. The number of rotatable bonds is 5. The molecule has 2 aromatic rings. The zero-order valence-electron chi connectivity index (χ0n) is 12.7. The van der Waals surface area contributed by atoms with E-state index in [-0.39, 0.29) is 0 Å². The number of hydrogen-bond donors (Lipinski definition) is 1. The van der Waals surface area contributed by atoms with Crippen molar-refractivity contribution in [3.8, 4) is 17.6 Å². The highest BCUT2D eigenvalue weighted by molar-refractivity contribution is 5.90. The fourth-order valence-electron chi connectivity index (χ4n) is 2.20. The van der Waals surface area contributed by atoms with Gasteiger partial charge in [-0.25, -0.2) is 0 Å². The Bertz CT molecular complexity index is 653. The predicted molar refractivity (Wildman–Crippen MR) is 88.5 cm³/mol. The topological polar surface area (TPSA) is 38.5 Å². The molecule has 0 unspecified atom stereocenters. The molecule has 3 nitrogen and oxygen atoms in total. The highest BCUT2D eigenvalue weighted by Crippen LogP contribution is 2.27. The quantitative estimate of drug-likeness (QED) is 0.676. The highest BCUT2D eigenvalue weighted by atomic mass is 16.5. The molecule has 0 heterocycles. The molecular formula is C18H22N2O. The molecule has 0 spiro atoms. The van der Waals surface area contributed by atoms with Crippen molar-refractivity contribution in [2.24, 2.45) is 5.73 Å². The van der Waals surface area contributed by atoms with Crippen LogP contribution < -0.4 is 10.5 Å². The monoisotopic (exact) mass is 282 g/mol. The summed E-state index contributed by atoms with van der Waals surface area (Å²) in [6.45, 7) is 2.05. The maximum Gasteiger partial charge on any atom is 0.135 e. The van der Waals surface area contributed by atoms with Crippen molar-refractivity contribution in [1.82, 2.24) is 4.90 Å². The van der Waals surface area contributed by atoms with Gasteiger partial charge in [-0.3, -0.25) is 0 Å². The number of benzene rings is 2. The summed E-state index contributed by atoms with van der Waals surface area (Å²) in [5, 5.41) is 2.28. The molecule has 2 rings (SSSR count). The SMILES string of the molecule is CN(C)CCCOc1ccc2ccccc2c1C#CCN. The minimum absolute atomic E-state index is 0.350. The summed E-state index contributed by atoms with van der Waals surface area (Å²) in [6, 6.07) is 12.3. The minimum Gasteiger partial charge on any atom is -0.492 e. The van der Waals surface area contributed by atoms with Gasteiger partial charge in [-0.05, 0) is 32.0 Å². The number of fused-ring (bicyclic) bond motifs is 1. The molecule has 0 fully saturated rings. The Morgan fingerprint density at radius 2 is 1.95 bits per heavy atom. The van der Waals surface area contributed by atoms with Gasteiger partial charge in [-0.1, -0.05) is 42.2 Å². The Morgan fingerprint density at radius 3 is 2.71 bits per heavy atom. The fraction of sp³-hybridized carbons (Fsp3) is 0.333. The van der Waals surface area contributed by atoms with Crippen molar-refractivity contribution in [2.75, 3.05) is 33.8 Å². The second-order valence-corrected chi connectivity index (χ2v) is 5.17. The molecule has 110 valence electrons. The first-order valence-corrected chi connectivity index (χ1v) is 7.20. The van der Waals surface area contributed by atoms with Crippen LogP contribution in [0, 0.1) is 11.8 Å². The van der Waals surface area contributed by atoms with Gasteiger partial charge < -0.3 is 15.4 Å². The van der Waals surface area contributed by atoms with Crippen LogP contribution in [-0.4, -0.2) is 38.7 Å². The van der Waals surface area contributed by atoms with E-state index >= 15 is 0 Å². The number of nitrogens with zero attached hydrogens (tertiary/aromatic N) is 1. The van der Waals surface area contributed by atoms with Gasteiger partial charge in [0.15, 0.2) is 0 Å². The lowest BCUT2D eigenvalue weighted by atomic mass is 10.0. The summed E-state index contributed by atoms with van der Waals surface area (Å²) in [4.78, 5) is 2.15. The fourth-order valence-corrected chi connectivity index (χ4v) is 2.20. The third-order valence-electron chi connectivity index (χ3n) is 3.21. The van der Waals surface area contributed by atoms with Gasteiger partial charge in [-0.15, -0.1) is 0 Å². The number of hydrogen-bond acceptors (Lipinski definition) is 3. The Labute approximate surface area is 126 Å². The Hall–Kier alpha value is -2.02. The van der Waals surface area contributed by atoms with Crippen LogP contribution in [0.4, 0.5) is 0 Å². The van der Waals surface area contributed by atoms with Crippen LogP contribution in [0.1, 0.15) is 12.0 Å². The number of nitrogens with two attached hydrogens (primary N) is 1. The smallest absolute Gasteiger partial charge is 0.135 e. The molecule has 0 saturated heterocycles. The summed E-state index contributed by atoms with van der Waals surface area (Å²) in [7, 11) is 4.13. The lowest BCUT2D eigenvalue weighted by molar-refractivity contribution is 0.281. The summed E-state index contributed by atoms with van der Waals surface area (Å²) < 4.78 is 5.92. The Kier molecular flexibility index (Phi) is 5.62. The molecular weight excluding hydrogens is 260 g/mol. The van der Waals surface area contributed by atoms with Gasteiger partial charge in [0, 0.05) is 11.9 Å². The molecule has 0 saturated carbocycles. The standard InChI is InChI=1S/C18H22N2O/c1-20(2)13-6-14-21-18-11-10-15-7-3-4-8-16(15)17(18)9-5-12-19/h3-4,7-8,10-11H,6,12-14,19H2,1-2H3. The van der Waals surface area contributed by atoms with Crippen LogP contribution in [0.25, 0.3) is 10.8 Å². The van der Waals surface area contributed by atoms with Gasteiger partial charge >= 0.3 is 0 Å². The average molecular weight is 282 g/mol. The Morgan fingerprint density at radius 1 is 1.14 bits per heavy atom. The van der Waals surface area contributed by atoms with Crippen molar-refractivity contribution in [2.45, 2.75) is 6.42 Å². The van der Waals surface area contributed by atoms with Gasteiger partial charge in [-0.2, -0.15) is 0 Å². The molecule has 0 aliphatic heterocycles. The molecule has 2 aromatic carbocycles. The van der Waals surface area contributed by atoms with E-state index in [0.29, 0.717) is 13.2 Å². The van der Waals surface area contributed by atoms with E-state index in [2.05, 4.69) is 49.0 Å². The summed E-state index contributed by atoms with van der Waals surface area (Å²) in [6.07, 6.45) is 0.990. The average Bonchev–Trinajstić information content (AvgIpc) is 2.49. The van der Waals surface area contributed by atoms with E-state index in [4.69, 9.17) is 10.5 Å². The van der Waals surface area contributed by atoms with Gasteiger partial charge in [0.25, 0.3) is 0 Å². The molecule has 0 bridgehead atoms. The third kappa shape index (κ3) is 4.22. The number of ether oxygens (including phenoxy) is 1. The minimum atomic E-state index is 0.350. The van der Waals surface area contributed by atoms with Crippen molar-refractivity contribution < 1.29 is 4.74 Å². The van der Waals surface area contributed by atoms with Gasteiger partial charge in [0.2, 0.25) is 0 Å². The van der Waals surface area contributed by atoms with E-state index in [9.17, 15) is 0 Å². The third-order valence-corrected chi connectivity index (χ3v) is 3.21. The molecule has 0 aliphatic rings. The van der Waals surface area contributed by atoms with E-state index in [1.54, 1.807) is 0 Å². The van der Waals surface area contributed by atoms with E-state index in [1.165, 1.54) is 5.39 Å². The van der Waals surface area contributed by atoms with Crippen LogP contribution in [0.15, 0.2) is 36.4 Å². The zero-order valence-corrected chi connectivity index (χ0v) is 12.7. The molecule has 21 heavy (non-hydrogen) atoms. The first-order valence-electron chi connectivity index (χ1n) is 7.20. The van der Waals surface area contributed by atoms with E-state index < -0.39 is 0 Å². The molecule has 0 aromatic heterocycles. The molecule has 2 N–H and O–H groups in total. The van der Waals surface area contributed by atoms with Crippen LogP contribution in [0.3, 0.4) is 0 Å². The zero-order chi connectivity index (χ0) is 15.1. The molecule has 0 aliphatic carbocycles. The first kappa shape index (κ1) is 15.4. The second kappa shape index (κ2) is 7.68. The highest BCUT2D eigenvalue weighted by Gasteiger charge is 2.06. The lowest BCUT2D eigenvalue weighted by Crippen LogP contribution is -2.15. The summed E-state index contributed by atoms with van der Waals surface area (Å²) in [5.74, 6) is 6.93. The van der Waals surface area contributed by atoms with E-state index in [1.807, 2.05) is 18.2 Å². The Balaban J connectivity index is 2.25. The maximum absolute atomic E-state index is 5.92. The summed E-state index contributed by atoms with van der Waals surface area (Å²) >= 11 is 0. The van der Waals surface area contributed by atoms with Crippen molar-refractivity contribution in [3.63, 3.8) is 0 Å². The van der Waals surface area contributed by atoms with E-state index in [0.717, 1.165) is 29.7 Å². The first-order chi connectivity index (χ1) is 10.2. The maximum atomic E-state index is 5.92. The molecule has 0 atom stereocenters. The second-order valence-electron chi connectivity index (χ2n) is 5.17. The van der Waals surface area contributed by atoms with Gasteiger partial charge in [0.05, 0.1) is 18.7 Å². The van der Waals surface area contributed by atoms with Crippen LogP contribution in [0.2, 0.25) is 0 Å². The van der Waals surface area contributed by atoms with Crippen LogP contribution in [0.5, 0.6) is 5.75 Å². The van der Waals surface area contributed by atoms with Gasteiger partial charge in [0.1, 0.15) is 5.75 Å². The van der Waals surface area contributed by atoms with Crippen molar-refractivity contribution >= 4 is 10.8 Å². The van der Waals surface area contributed by atoms with Crippen molar-refractivity contribution in [1.29, 1.82) is 0 Å². The lowest BCUT2D eigenvalue weighted by Gasteiger charge is -2.12. The largest absolute Gasteiger partial charge is 0.492 e. The molecule has 0 amide bonds. The van der Waals surface area contributed by atoms with Crippen LogP contribution >= 0.6 is 0 Å².